The molecular weight excluding hydrogens is 630 g/mol. The summed E-state index contributed by atoms with van der Waals surface area (Å²) in [6.45, 7) is 1.59. The second-order valence-electron chi connectivity index (χ2n) is 12.8. The van der Waals surface area contributed by atoms with Crippen LogP contribution in [-0.2, 0) is 9.53 Å². The number of hydrogen-bond donors (Lipinski definition) is 4. The molecule has 50 heavy (non-hydrogen) atoms. The van der Waals surface area contributed by atoms with Gasteiger partial charge in [-0.05, 0) is 72.8 Å². The Bertz CT molecular complexity index is 2140. The third kappa shape index (κ3) is 6.21. The van der Waals surface area contributed by atoms with Crippen molar-refractivity contribution in [1.82, 2.24) is 45.7 Å². The van der Waals surface area contributed by atoms with Crippen molar-refractivity contribution in [3.05, 3.63) is 108 Å². The zero-order valence-electron chi connectivity index (χ0n) is 27.6. The highest BCUT2D eigenvalue weighted by molar-refractivity contribution is 5.90. The van der Waals surface area contributed by atoms with E-state index in [0.717, 1.165) is 64.9 Å². The summed E-state index contributed by atoms with van der Waals surface area (Å²) < 4.78 is 4.81. The fourth-order valence-electron chi connectivity index (χ4n) is 7.01. The van der Waals surface area contributed by atoms with Crippen LogP contribution in [0.3, 0.4) is 0 Å². The number of nitrogens with one attached hydrogen (secondary N) is 4. The van der Waals surface area contributed by atoms with Crippen molar-refractivity contribution in [3.8, 4) is 33.9 Å². The number of imidazole rings is 2. The number of alkyl carbamates (subject to hydrolysis) is 1. The normalized spacial score (nSPS) is 18.0. The van der Waals surface area contributed by atoms with Gasteiger partial charge in [-0.2, -0.15) is 0 Å². The minimum absolute atomic E-state index is 0.217. The lowest BCUT2D eigenvalue weighted by Crippen LogP contribution is -2.42. The molecule has 12 nitrogen and oxygen atoms in total. The summed E-state index contributed by atoms with van der Waals surface area (Å²) in [5, 5.41) is 17.5. The van der Waals surface area contributed by atoms with Gasteiger partial charge >= 0.3 is 6.09 Å². The highest BCUT2D eigenvalue weighted by Gasteiger charge is 2.37. The topological polar surface area (TPSA) is 154 Å². The maximum Gasteiger partial charge on any atom is 0.407 e. The van der Waals surface area contributed by atoms with Crippen LogP contribution < -0.4 is 10.6 Å². The van der Waals surface area contributed by atoms with Crippen molar-refractivity contribution in [2.24, 2.45) is 0 Å². The van der Waals surface area contributed by atoms with Gasteiger partial charge in [0, 0.05) is 17.7 Å². The number of amides is 2. The zero-order chi connectivity index (χ0) is 34.0. The van der Waals surface area contributed by atoms with E-state index in [1.807, 2.05) is 48.7 Å². The monoisotopic (exact) mass is 667 g/mol. The number of likely N-dealkylation sites (tertiary alicyclic amines) is 1. The Morgan fingerprint density at radius 2 is 1.54 bits per heavy atom. The van der Waals surface area contributed by atoms with E-state index in [9.17, 15) is 9.59 Å². The summed E-state index contributed by atoms with van der Waals surface area (Å²) in [5.74, 6) is 1.45. The van der Waals surface area contributed by atoms with Crippen LogP contribution in [0.5, 0.6) is 0 Å². The second-order valence-corrected chi connectivity index (χ2v) is 12.8. The van der Waals surface area contributed by atoms with Gasteiger partial charge in [-0.15, -0.1) is 10.2 Å². The molecule has 6 aromatic rings. The highest BCUT2D eigenvalue weighted by Crippen LogP contribution is 2.34. The predicted octanol–water partition coefficient (Wildman–Crippen LogP) is 6.26. The van der Waals surface area contributed by atoms with E-state index in [1.165, 1.54) is 13.5 Å². The summed E-state index contributed by atoms with van der Waals surface area (Å²) in [4.78, 5) is 43.9. The Morgan fingerprint density at radius 1 is 0.820 bits per heavy atom. The molecule has 3 aromatic carbocycles. The minimum atomic E-state index is -0.877. The fourth-order valence-corrected chi connectivity index (χ4v) is 7.01. The van der Waals surface area contributed by atoms with Gasteiger partial charge in [0.25, 0.3) is 5.91 Å². The second kappa shape index (κ2) is 13.6. The van der Waals surface area contributed by atoms with E-state index in [-0.39, 0.29) is 11.9 Å². The lowest BCUT2D eigenvalue weighted by Gasteiger charge is -2.28. The maximum absolute atomic E-state index is 13.8. The molecule has 4 N–H and O–H groups in total. The molecule has 2 amide bonds. The van der Waals surface area contributed by atoms with Gasteiger partial charge in [-0.25, -0.2) is 14.8 Å². The van der Waals surface area contributed by atoms with E-state index < -0.39 is 12.1 Å². The molecule has 0 bridgehead atoms. The van der Waals surface area contributed by atoms with Crippen molar-refractivity contribution >= 4 is 22.8 Å². The quantitative estimate of drug-likeness (QED) is 0.148. The molecule has 2 aliphatic rings. The molecule has 0 radical (unpaired) electrons. The third-order valence-corrected chi connectivity index (χ3v) is 9.65. The Hall–Kier alpha value is -5.88. The number of rotatable bonds is 8. The van der Waals surface area contributed by atoms with E-state index >= 15 is 0 Å². The molecule has 0 unspecified atom stereocenters. The summed E-state index contributed by atoms with van der Waals surface area (Å²) in [6, 6.07) is 24.9. The number of carbonyl (C=O) groups excluding carboxylic acids is 2. The minimum Gasteiger partial charge on any atom is -0.453 e. The van der Waals surface area contributed by atoms with Gasteiger partial charge in [0.1, 0.15) is 23.4 Å². The Labute approximate surface area is 288 Å². The van der Waals surface area contributed by atoms with Crippen molar-refractivity contribution in [1.29, 1.82) is 0 Å². The Morgan fingerprint density at radius 3 is 2.30 bits per heavy atom. The molecule has 5 heterocycles. The third-order valence-electron chi connectivity index (χ3n) is 9.65. The van der Waals surface area contributed by atoms with Gasteiger partial charge in [0.2, 0.25) is 0 Å². The highest BCUT2D eigenvalue weighted by atomic mass is 16.5. The summed E-state index contributed by atoms with van der Waals surface area (Å²) in [6.07, 6.45) is 6.82. The number of methoxy groups -OCH3 is 1. The van der Waals surface area contributed by atoms with Gasteiger partial charge in [0.05, 0.1) is 48.7 Å². The number of fused-ring (bicyclic) bond motifs is 1. The van der Waals surface area contributed by atoms with Gasteiger partial charge in [-0.1, -0.05) is 54.6 Å². The van der Waals surface area contributed by atoms with Crippen LogP contribution in [-0.4, -0.2) is 67.2 Å². The van der Waals surface area contributed by atoms with Crippen LogP contribution in [0.1, 0.15) is 61.0 Å². The number of nitrogens with zero attached hydrogens (tertiary/aromatic N) is 5. The number of carbonyl (C=O) groups is 2. The van der Waals surface area contributed by atoms with Crippen LogP contribution in [0.2, 0.25) is 0 Å². The molecule has 8 rings (SSSR count). The maximum atomic E-state index is 13.8. The van der Waals surface area contributed by atoms with Crippen molar-refractivity contribution in [2.75, 3.05) is 20.2 Å². The molecule has 0 spiro atoms. The van der Waals surface area contributed by atoms with Gasteiger partial charge < -0.3 is 30.2 Å². The van der Waals surface area contributed by atoms with Gasteiger partial charge in [0.15, 0.2) is 0 Å². The van der Waals surface area contributed by atoms with Crippen molar-refractivity contribution < 1.29 is 14.3 Å². The summed E-state index contributed by atoms with van der Waals surface area (Å²) in [7, 11) is 1.28. The number of H-pyrrole nitrogens is 2. The first-order valence-electron chi connectivity index (χ1n) is 17.0. The number of hydrogen-bond acceptors (Lipinski definition) is 8. The Kier molecular flexibility index (Phi) is 8.51. The molecule has 2 fully saturated rings. The molecule has 0 saturated carbocycles. The molecule has 2 aliphatic heterocycles. The van der Waals surface area contributed by atoms with Crippen LogP contribution >= 0.6 is 0 Å². The Balaban J connectivity index is 0.973. The molecular formula is C38H37N9O3. The standard InChI is InChI=1S/C38H37N9O3/c1-50-38(49)44-34(23-7-3-2-4-8-23)37(48)47-18-6-10-33(47)36-41-22-32(43-36)29-16-15-28(45-46-29)26-13-11-25-20-27(14-12-24(25)19-26)31-21-40-35(42-31)30-9-5-17-39-30/h2-4,7-8,11-16,19-22,30,33-34,39H,5-6,9-10,17-18H2,1H3,(H,40,42)(H,41,43)(H,44,49)/t30-,33-,34+/m0/s1. The largest absolute Gasteiger partial charge is 0.453 e. The lowest BCUT2D eigenvalue weighted by atomic mass is 10.0. The van der Waals surface area contributed by atoms with Crippen molar-refractivity contribution in [2.45, 2.75) is 43.8 Å². The van der Waals surface area contributed by atoms with Crippen LogP contribution in [0.4, 0.5) is 4.79 Å². The first-order chi connectivity index (χ1) is 24.5. The first-order valence-corrected chi connectivity index (χ1v) is 17.0. The number of aromatic amines is 2. The smallest absolute Gasteiger partial charge is 0.407 e. The number of aromatic nitrogens is 6. The van der Waals surface area contributed by atoms with E-state index in [4.69, 9.17) is 4.74 Å². The molecule has 0 aliphatic carbocycles. The summed E-state index contributed by atoms with van der Waals surface area (Å²) in [5.41, 5.74) is 5.89. The van der Waals surface area contributed by atoms with Crippen LogP contribution in [0.25, 0.3) is 44.7 Å². The zero-order valence-corrected chi connectivity index (χ0v) is 27.6. The molecule has 2 saturated heterocycles. The van der Waals surface area contributed by atoms with Crippen LogP contribution in [0, 0.1) is 0 Å². The average Bonchev–Trinajstić information content (AvgIpc) is 4.01. The van der Waals surface area contributed by atoms with Gasteiger partial charge in [-0.3, -0.25) is 4.79 Å². The predicted molar refractivity (Wildman–Crippen MR) is 189 cm³/mol. The van der Waals surface area contributed by atoms with E-state index in [2.05, 4.69) is 77.2 Å². The number of ether oxygens (including phenoxy) is 1. The molecule has 3 aromatic heterocycles. The molecule has 3 atom stereocenters. The lowest BCUT2D eigenvalue weighted by molar-refractivity contribution is -0.134. The van der Waals surface area contributed by atoms with Crippen LogP contribution in [0.15, 0.2) is 91.3 Å². The molecule has 252 valence electrons. The summed E-state index contributed by atoms with van der Waals surface area (Å²) >= 11 is 0. The average molecular weight is 668 g/mol. The fraction of sp³-hybridized carbons (Fsp3) is 0.263. The first kappa shape index (κ1) is 31.4. The molecule has 12 heteroatoms. The SMILES string of the molecule is COC(=O)N[C@@H](C(=O)N1CCC[C@H]1c1ncc(-c2ccc(-c3ccc4cc(-c5cnc([C@@H]6CCCN6)[nH]5)ccc4c3)nn2)[nH]1)c1ccccc1. The number of benzene rings is 3. The van der Waals surface area contributed by atoms with E-state index in [1.54, 1.807) is 11.1 Å². The van der Waals surface area contributed by atoms with E-state index in [0.29, 0.717) is 35.4 Å². The van der Waals surface area contributed by atoms with Crippen molar-refractivity contribution in [3.63, 3.8) is 0 Å².